The van der Waals surface area contributed by atoms with E-state index >= 15 is 0 Å². The number of thiophene rings is 1. The molecular weight excluding hydrogens is 364 g/mol. The van der Waals surface area contributed by atoms with E-state index in [1.54, 1.807) is 18.2 Å². The molecule has 0 aliphatic rings. The van der Waals surface area contributed by atoms with Crippen molar-refractivity contribution in [2.24, 2.45) is 0 Å². The summed E-state index contributed by atoms with van der Waals surface area (Å²) in [7, 11) is -2.73. The summed E-state index contributed by atoms with van der Waals surface area (Å²) < 4.78 is 37.9. The minimum absolute atomic E-state index is 0.0274. The Balaban J connectivity index is 1.94. The molecule has 0 radical (unpaired) electrons. The van der Waals surface area contributed by atoms with E-state index in [9.17, 15) is 13.2 Å². The lowest BCUT2D eigenvalue weighted by atomic mass is 10.2. The van der Waals surface area contributed by atoms with Crippen molar-refractivity contribution in [3.05, 3.63) is 40.4 Å². The molecule has 1 aromatic carbocycles. The number of carbonyl (C=O) groups excluding carboxylic acids is 1. The highest BCUT2D eigenvalue weighted by atomic mass is 32.2. The number of benzene rings is 1. The van der Waals surface area contributed by atoms with E-state index in [4.69, 9.17) is 4.42 Å². The van der Waals surface area contributed by atoms with Crippen LogP contribution in [0.4, 0.5) is 5.69 Å². The van der Waals surface area contributed by atoms with E-state index in [0.717, 1.165) is 11.3 Å². The van der Waals surface area contributed by atoms with Gasteiger partial charge in [0.2, 0.25) is 0 Å². The molecule has 2 aromatic heterocycles. The van der Waals surface area contributed by atoms with Crippen molar-refractivity contribution in [3.63, 3.8) is 0 Å². The first-order valence-electron chi connectivity index (χ1n) is 7.41. The molecule has 9 heteroatoms. The van der Waals surface area contributed by atoms with E-state index in [2.05, 4.69) is 14.4 Å². The maximum absolute atomic E-state index is 12.6. The molecule has 0 fully saturated rings. The van der Waals surface area contributed by atoms with Gasteiger partial charge in [0.05, 0.1) is 12.8 Å². The standard InChI is InChI=1S/C16H16N2O5S2/c1-9(2)15-17-11-8-10(4-5-12(11)23-15)18-25(20,21)13-6-7-24-14(13)16(19)22-3/h4-9,18H,1-3H3. The van der Waals surface area contributed by atoms with Gasteiger partial charge in [0, 0.05) is 5.92 Å². The Bertz CT molecular complexity index is 1030. The monoisotopic (exact) mass is 380 g/mol. The van der Waals surface area contributed by atoms with Gasteiger partial charge in [-0.1, -0.05) is 13.8 Å². The van der Waals surface area contributed by atoms with Crippen LogP contribution in [0.5, 0.6) is 0 Å². The van der Waals surface area contributed by atoms with Crippen LogP contribution in [0.15, 0.2) is 39.0 Å². The highest BCUT2D eigenvalue weighted by Crippen LogP contribution is 2.27. The first kappa shape index (κ1) is 17.4. The molecule has 0 bridgehead atoms. The molecule has 0 aliphatic carbocycles. The Morgan fingerprint density at radius 1 is 1.32 bits per heavy atom. The minimum atomic E-state index is -3.93. The smallest absolute Gasteiger partial charge is 0.349 e. The van der Waals surface area contributed by atoms with E-state index in [-0.39, 0.29) is 15.7 Å². The van der Waals surface area contributed by atoms with Gasteiger partial charge in [-0.3, -0.25) is 4.72 Å². The van der Waals surface area contributed by atoms with Crippen LogP contribution in [0.25, 0.3) is 11.1 Å². The normalized spacial score (nSPS) is 11.8. The maximum Gasteiger partial charge on any atom is 0.349 e. The quantitative estimate of drug-likeness (QED) is 0.679. The fourth-order valence-electron chi connectivity index (χ4n) is 2.22. The zero-order valence-electron chi connectivity index (χ0n) is 13.8. The molecule has 0 amide bonds. The van der Waals surface area contributed by atoms with Gasteiger partial charge >= 0.3 is 5.97 Å². The second-order valence-corrected chi connectivity index (χ2v) is 8.17. The largest absolute Gasteiger partial charge is 0.465 e. The lowest BCUT2D eigenvalue weighted by molar-refractivity contribution is 0.0602. The molecule has 0 atom stereocenters. The highest BCUT2D eigenvalue weighted by Gasteiger charge is 2.25. The van der Waals surface area contributed by atoms with Crippen molar-refractivity contribution in [1.82, 2.24) is 4.98 Å². The van der Waals surface area contributed by atoms with Crippen molar-refractivity contribution in [2.75, 3.05) is 11.8 Å². The zero-order chi connectivity index (χ0) is 18.2. The van der Waals surface area contributed by atoms with E-state index < -0.39 is 16.0 Å². The number of rotatable bonds is 5. The van der Waals surface area contributed by atoms with Crippen LogP contribution in [0.3, 0.4) is 0 Å². The topological polar surface area (TPSA) is 98.5 Å². The molecule has 0 unspecified atom stereocenters. The third-order valence-corrected chi connectivity index (χ3v) is 5.89. The number of fused-ring (bicyclic) bond motifs is 1. The van der Waals surface area contributed by atoms with Crippen LogP contribution in [0, 0.1) is 0 Å². The number of oxazole rings is 1. The van der Waals surface area contributed by atoms with Gasteiger partial charge in [-0.15, -0.1) is 11.3 Å². The maximum atomic E-state index is 12.6. The molecule has 2 heterocycles. The van der Waals surface area contributed by atoms with Gasteiger partial charge < -0.3 is 9.15 Å². The summed E-state index contributed by atoms with van der Waals surface area (Å²) >= 11 is 1.01. The average Bonchev–Trinajstić information content (AvgIpc) is 3.20. The summed E-state index contributed by atoms with van der Waals surface area (Å²) in [6, 6.07) is 6.19. The predicted octanol–water partition coefficient (Wildman–Crippen LogP) is 3.60. The van der Waals surface area contributed by atoms with E-state index in [1.165, 1.54) is 18.6 Å². The van der Waals surface area contributed by atoms with Crippen LogP contribution in [-0.4, -0.2) is 26.5 Å². The van der Waals surface area contributed by atoms with Gasteiger partial charge in [-0.25, -0.2) is 18.2 Å². The Labute approximate surface area is 148 Å². The van der Waals surface area contributed by atoms with Gasteiger partial charge in [0.25, 0.3) is 10.0 Å². The Hall–Kier alpha value is -2.39. The Kier molecular flexibility index (Phi) is 4.53. The van der Waals surface area contributed by atoms with Crippen molar-refractivity contribution >= 4 is 44.1 Å². The van der Waals surface area contributed by atoms with Crippen LogP contribution in [0.2, 0.25) is 0 Å². The zero-order valence-corrected chi connectivity index (χ0v) is 15.4. The average molecular weight is 380 g/mol. The fraction of sp³-hybridized carbons (Fsp3) is 0.250. The lowest BCUT2D eigenvalue weighted by Crippen LogP contribution is -2.15. The van der Waals surface area contributed by atoms with Crippen LogP contribution in [-0.2, 0) is 14.8 Å². The number of anilines is 1. The lowest BCUT2D eigenvalue weighted by Gasteiger charge is -2.08. The third kappa shape index (κ3) is 3.38. The summed E-state index contributed by atoms with van der Waals surface area (Å²) in [6.45, 7) is 3.92. The number of carbonyl (C=O) groups is 1. The summed E-state index contributed by atoms with van der Waals surface area (Å²) in [5.74, 6) is 0.0192. The van der Waals surface area contributed by atoms with E-state index in [0.29, 0.717) is 22.7 Å². The Morgan fingerprint density at radius 2 is 2.08 bits per heavy atom. The molecular formula is C16H16N2O5S2. The van der Waals surface area contributed by atoms with Gasteiger partial charge in [0.1, 0.15) is 15.3 Å². The first-order chi connectivity index (χ1) is 11.8. The van der Waals surface area contributed by atoms with E-state index in [1.807, 2.05) is 13.8 Å². The summed E-state index contributed by atoms with van der Waals surface area (Å²) in [5, 5.41) is 1.52. The number of methoxy groups -OCH3 is 1. The van der Waals surface area contributed by atoms with Crippen LogP contribution in [0.1, 0.15) is 35.3 Å². The number of esters is 1. The molecule has 132 valence electrons. The Morgan fingerprint density at radius 3 is 2.76 bits per heavy atom. The molecule has 0 saturated heterocycles. The minimum Gasteiger partial charge on any atom is -0.465 e. The SMILES string of the molecule is COC(=O)c1sccc1S(=O)(=O)Nc1ccc2oc(C(C)C)nc2c1. The number of hydrogen-bond donors (Lipinski definition) is 1. The number of aromatic nitrogens is 1. The van der Waals surface area contributed by atoms with Crippen molar-refractivity contribution < 1.29 is 22.4 Å². The number of ether oxygens (including phenoxy) is 1. The van der Waals surface area contributed by atoms with Crippen molar-refractivity contribution in [1.29, 1.82) is 0 Å². The van der Waals surface area contributed by atoms with Crippen molar-refractivity contribution in [3.8, 4) is 0 Å². The van der Waals surface area contributed by atoms with Crippen molar-refractivity contribution in [2.45, 2.75) is 24.7 Å². The van der Waals surface area contributed by atoms with Gasteiger partial charge in [0.15, 0.2) is 11.5 Å². The number of sulfonamides is 1. The molecule has 7 nitrogen and oxygen atoms in total. The third-order valence-electron chi connectivity index (χ3n) is 3.44. The van der Waals surface area contributed by atoms with Crippen LogP contribution >= 0.6 is 11.3 Å². The molecule has 3 aromatic rings. The summed E-state index contributed by atoms with van der Waals surface area (Å²) in [6.07, 6.45) is 0. The summed E-state index contributed by atoms with van der Waals surface area (Å²) in [4.78, 5) is 16.0. The second kappa shape index (κ2) is 6.49. The highest BCUT2D eigenvalue weighted by molar-refractivity contribution is 7.93. The second-order valence-electron chi connectivity index (χ2n) is 5.60. The summed E-state index contributed by atoms with van der Waals surface area (Å²) in [5.41, 5.74) is 1.47. The molecule has 0 saturated carbocycles. The molecule has 0 aliphatic heterocycles. The number of nitrogens with zero attached hydrogens (tertiary/aromatic N) is 1. The number of hydrogen-bond acceptors (Lipinski definition) is 7. The molecule has 3 rings (SSSR count). The predicted molar refractivity (Wildman–Crippen MR) is 94.6 cm³/mol. The van der Waals surface area contributed by atoms with Gasteiger partial charge in [-0.05, 0) is 29.6 Å². The molecule has 1 N–H and O–H groups in total. The molecule has 25 heavy (non-hydrogen) atoms. The van der Waals surface area contributed by atoms with Gasteiger partial charge in [-0.2, -0.15) is 0 Å². The molecule has 0 spiro atoms. The fourth-order valence-corrected chi connectivity index (χ4v) is 4.60. The first-order valence-corrected chi connectivity index (χ1v) is 9.77. The number of nitrogens with one attached hydrogen (secondary N) is 1. The van der Waals surface area contributed by atoms with Crippen LogP contribution < -0.4 is 4.72 Å².